The number of nitrogens with zero attached hydrogens (tertiary/aromatic N) is 1. The molecule has 32 heavy (non-hydrogen) atoms. The molecule has 1 atom stereocenters. The first-order valence-corrected chi connectivity index (χ1v) is 11.3. The summed E-state index contributed by atoms with van der Waals surface area (Å²) in [7, 11) is 1.66. The van der Waals surface area contributed by atoms with Crippen LogP contribution in [-0.2, 0) is 4.79 Å². The van der Waals surface area contributed by atoms with Gasteiger partial charge in [-0.3, -0.25) is 4.79 Å². The van der Waals surface area contributed by atoms with Crippen LogP contribution in [-0.4, -0.2) is 37.6 Å². The maximum absolute atomic E-state index is 12.9. The van der Waals surface area contributed by atoms with Gasteiger partial charge in [0.05, 0.1) is 20.0 Å². The van der Waals surface area contributed by atoms with E-state index in [1.807, 2.05) is 49.1 Å². The molecular weight excluding hydrogens is 402 g/mol. The van der Waals surface area contributed by atoms with E-state index in [2.05, 4.69) is 13.0 Å². The fourth-order valence-electron chi connectivity index (χ4n) is 4.40. The van der Waals surface area contributed by atoms with Crippen LogP contribution in [0.3, 0.4) is 0 Å². The lowest BCUT2D eigenvalue weighted by molar-refractivity contribution is -0.127. The van der Waals surface area contributed by atoms with Crippen LogP contribution in [0.2, 0.25) is 0 Å². The van der Waals surface area contributed by atoms with Crippen molar-refractivity contribution in [3.05, 3.63) is 54.3 Å². The molecule has 1 amide bonds. The van der Waals surface area contributed by atoms with Crippen molar-refractivity contribution in [3.8, 4) is 22.6 Å². The Morgan fingerprint density at radius 3 is 2.88 bits per heavy atom. The number of rotatable bonds is 6. The molecule has 1 aromatic heterocycles. The number of benzene rings is 2. The van der Waals surface area contributed by atoms with Gasteiger partial charge in [-0.05, 0) is 61.9 Å². The lowest BCUT2D eigenvalue weighted by Gasteiger charge is -2.30. The lowest BCUT2D eigenvalue weighted by Crippen LogP contribution is -2.38. The quantitative estimate of drug-likeness (QED) is 0.436. The van der Waals surface area contributed by atoms with E-state index in [0.29, 0.717) is 12.5 Å². The van der Waals surface area contributed by atoms with Crippen LogP contribution >= 0.6 is 0 Å². The number of hydrogen-bond acceptors (Lipinski definition) is 4. The Labute approximate surface area is 189 Å². The predicted molar refractivity (Wildman–Crippen MR) is 128 cm³/mol. The highest BCUT2D eigenvalue weighted by atomic mass is 16.5. The smallest absolute Gasteiger partial charge is 0.246 e. The van der Waals surface area contributed by atoms with Gasteiger partial charge in [0.25, 0.3) is 0 Å². The SMILES string of the molecule is CCOc1cc2occ(-c3cccc(OC)c3)c2cc1/C(C)=C/C(=O)N1CCCC(C)C1. The van der Waals surface area contributed by atoms with Crippen molar-refractivity contribution in [1.82, 2.24) is 4.90 Å². The van der Waals surface area contributed by atoms with Crippen molar-refractivity contribution in [2.45, 2.75) is 33.6 Å². The summed E-state index contributed by atoms with van der Waals surface area (Å²) in [4.78, 5) is 14.9. The molecule has 5 nitrogen and oxygen atoms in total. The molecule has 0 aliphatic carbocycles. The van der Waals surface area contributed by atoms with Crippen LogP contribution < -0.4 is 9.47 Å². The Morgan fingerprint density at radius 2 is 2.12 bits per heavy atom. The number of carbonyl (C=O) groups is 1. The zero-order valence-electron chi connectivity index (χ0n) is 19.3. The summed E-state index contributed by atoms with van der Waals surface area (Å²) < 4.78 is 17.2. The van der Waals surface area contributed by atoms with Gasteiger partial charge < -0.3 is 18.8 Å². The largest absolute Gasteiger partial charge is 0.497 e. The summed E-state index contributed by atoms with van der Waals surface area (Å²) in [6, 6.07) is 11.9. The second-order valence-electron chi connectivity index (χ2n) is 8.52. The van der Waals surface area contributed by atoms with Crippen LogP contribution in [0.25, 0.3) is 27.7 Å². The molecule has 0 bridgehead atoms. The second-order valence-corrected chi connectivity index (χ2v) is 8.52. The number of amides is 1. The Morgan fingerprint density at radius 1 is 1.28 bits per heavy atom. The van der Waals surface area contributed by atoms with E-state index in [1.165, 1.54) is 6.42 Å². The highest BCUT2D eigenvalue weighted by Gasteiger charge is 2.21. The van der Waals surface area contributed by atoms with Gasteiger partial charge in [0.1, 0.15) is 17.1 Å². The van der Waals surface area contributed by atoms with Gasteiger partial charge in [0, 0.05) is 41.7 Å². The van der Waals surface area contributed by atoms with Crippen LogP contribution in [0.1, 0.15) is 39.2 Å². The minimum atomic E-state index is 0.0665. The number of allylic oxidation sites excluding steroid dienone is 1. The molecular formula is C27H31NO4. The molecule has 3 aromatic rings. The van der Waals surface area contributed by atoms with E-state index < -0.39 is 0 Å². The molecule has 0 N–H and O–H groups in total. The highest BCUT2D eigenvalue weighted by Crippen LogP contribution is 2.38. The van der Waals surface area contributed by atoms with E-state index in [4.69, 9.17) is 13.9 Å². The molecule has 1 unspecified atom stereocenters. The first kappa shape index (κ1) is 22.0. The molecule has 4 rings (SSSR count). The molecule has 5 heteroatoms. The van der Waals surface area contributed by atoms with E-state index >= 15 is 0 Å². The van der Waals surface area contributed by atoms with Crippen LogP contribution in [0.15, 0.2) is 53.2 Å². The Hall–Kier alpha value is -3.21. The molecule has 1 aliphatic heterocycles. The summed E-state index contributed by atoms with van der Waals surface area (Å²) in [5, 5.41) is 0.975. The average molecular weight is 434 g/mol. The molecule has 0 spiro atoms. The van der Waals surface area contributed by atoms with E-state index in [1.54, 1.807) is 19.4 Å². The minimum absolute atomic E-state index is 0.0665. The fourth-order valence-corrected chi connectivity index (χ4v) is 4.40. The van der Waals surface area contributed by atoms with Crippen molar-refractivity contribution in [2.75, 3.05) is 26.8 Å². The average Bonchev–Trinajstić information content (AvgIpc) is 3.21. The molecule has 168 valence electrons. The van der Waals surface area contributed by atoms with Gasteiger partial charge in [0.15, 0.2) is 0 Å². The van der Waals surface area contributed by atoms with Gasteiger partial charge in [-0.15, -0.1) is 0 Å². The first-order valence-electron chi connectivity index (χ1n) is 11.3. The summed E-state index contributed by atoms with van der Waals surface area (Å²) in [6.07, 6.45) is 5.76. The standard InChI is InChI=1S/C27H31NO4/c1-5-31-25-15-26-23(24(17-32-26)20-9-6-10-21(13-20)30-4)14-22(25)19(3)12-27(29)28-11-7-8-18(2)16-28/h6,9-10,12-15,17-18H,5,7-8,11,16H2,1-4H3/b19-12+. The fraction of sp³-hybridized carbons (Fsp3) is 0.370. The summed E-state index contributed by atoms with van der Waals surface area (Å²) in [5.74, 6) is 2.13. The number of fused-ring (bicyclic) bond motifs is 1. The Bertz CT molecular complexity index is 1140. The summed E-state index contributed by atoms with van der Waals surface area (Å²) >= 11 is 0. The first-order chi connectivity index (χ1) is 15.5. The van der Waals surface area contributed by atoms with Crippen LogP contribution in [0.5, 0.6) is 11.5 Å². The van der Waals surface area contributed by atoms with E-state index in [-0.39, 0.29) is 5.91 Å². The number of methoxy groups -OCH3 is 1. The maximum atomic E-state index is 12.9. The lowest BCUT2D eigenvalue weighted by atomic mass is 9.98. The zero-order valence-corrected chi connectivity index (χ0v) is 19.3. The monoisotopic (exact) mass is 433 g/mol. The van der Waals surface area contributed by atoms with Crippen molar-refractivity contribution in [1.29, 1.82) is 0 Å². The Kier molecular flexibility index (Phi) is 6.54. The van der Waals surface area contributed by atoms with Gasteiger partial charge in [-0.1, -0.05) is 19.1 Å². The number of furan rings is 1. The number of ether oxygens (including phenoxy) is 2. The molecule has 1 aliphatic rings. The molecule has 0 radical (unpaired) electrons. The predicted octanol–water partition coefficient (Wildman–Crippen LogP) is 6.17. The normalized spacial score (nSPS) is 16.9. The maximum Gasteiger partial charge on any atom is 0.246 e. The third kappa shape index (κ3) is 4.52. The minimum Gasteiger partial charge on any atom is -0.497 e. The van der Waals surface area contributed by atoms with Crippen molar-refractivity contribution >= 4 is 22.4 Å². The van der Waals surface area contributed by atoms with E-state index in [9.17, 15) is 4.79 Å². The number of likely N-dealkylation sites (tertiary alicyclic amines) is 1. The summed E-state index contributed by atoms with van der Waals surface area (Å²) in [6.45, 7) is 8.31. The van der Waals surface area contributed by atoms with E-state index in [0.717, 1.165) is 64.2 Å². The molecule has 2 heterocycles. The number of carbonyl (C=O) groups excluding carboxylic acids is 1. The van der Waals surface area contributed by atoms with Gasteiger partial charge in [-0.2, -0.15) is 0 Å². The molecule has 0 saturated carbocycles. The van der Waals surface area contributed by atoms with Crippen molar-refractivity contribution < 1.29 is 18.7 Å². The summed E-state index contributed by atoms with van der Waals surface area (Å²) in [5.41, 5.74) is 4.53. The van der Waals surface area contributed by atoms with Gasteiger partial charge in [0.2, 0.25) is 5.91 Å². The van der Waals surface area contributed by atoms with Crippen LogP contribution in [0, 0.1) is 5.92 Å². The Balaban J connectivity index is 1.75. The van der Waals surface area contributed by atoms with Crippen molar-refractivity contribution in [3.63, 3.8) is 0 Å². The molecule has 1 saturated heterocycles. The molecule has 1 fully saturated rings. The number of hydrogen-bond donors (Lipinski definition) is 0. The van der Waals surface area contributed by atoms with Gasteiger partial charge >= 0.3 is 0 Å². The topological polar surface area (TPSA) is 51.9 Å². The zero-order chi connectivity index (χ0) is 22.7. The number of piperidine rings is 1. The highest BCUT2D eigenvalue weighted by molar-refractivity contribution is 6.00. The van der Waals surface area contributed by atoms with Gasteiger partial charge in [-0.25, -0.2) is 0 Å². The molecule has 2 aromatic carbocycles. The third-order valence-corrected chi connectivity index (χ3v) is 6.09. The third-order valence-electron chi connectivity index (χ3n) is 6.09. The second kappa shape index (κ2) is 9.51. The van der Waals surface area contributed by atoms with Crippen LogP contribution in [0.4, 0.5) is 0 Å². The van der Waals surface area contributed by atoms with Crippen molar-refractivity contribution in [2.24, 2.45) is 5.92 Å².